The predicted molar refractivity (Wildman–Crippen MR) is 104 cm³/mol. The van der Waals surface area contributed by atoms with Crippen molar-refractivity contribution in [3.8, 4) is 5.75 Å². The minimum absolute atomic E-state index is 0.248. The highest BCUT2D eigenvalue weighted by Gasteiger charge is 2.23. The summed E-state index contributed by atoms with van der Waals surface area (Å²) in [6, 6.07) is 9.57. The molecule has 0 saturated heterocycles. The van der Waals surface area contributed by atoms with E-state index in [-0.39, 0.29) is 17.3 Å². The van der Waals surface area contributed by atoms with Crippen LogP contribution in [0.1, 0.15) is 35.0 Å². The number of benzene rings is 1. The van der Waals surface area contributed by atoms with E-state index in [1.807, 2.05) is 30.3 Å². The van der Waals surface area contributed by atoms with E-state index in [1.54, 1.807) is 13.8 Å². The molecular weight excluding hydrogens is 389 g/mol. The summed E-state index contributed by atoms with van der Waals surface area (Å²) < 4.78 is 12.2. The lowest BCUT2D eigenvalue weighted by Crippen LogP contribution is -2.08. The van der Waals surface area contributed by atoms with Gasteiger partial charge in [-0.2, -0.15) is 5.10 Å². The first-order valence-corrected chi connectivity index (χ1v) is 9.36. The molecule has 3 aromatic rings. The van der Waals surface area contributed by atoms with Crippen molar-refractivity contribution in [3.05, 3.63) is 57.5 Å². The first kappa shape index (κ1) is 19.5. The van der Waals surface area contributed by atoms with Crippen molar-refractivity contribution in [2.45, 2.75) is 26.7 Å². The summed E-state index contributed by atoms with van der Waals surface area (Å²) in [6.45, 7) is 4.22. The third kappa shape index (κ3) is 4.17. The highest BCUT2D eigenvalue weighted by molar-refractivity contribution is 6.35. The Morgan fingerprint density at radius 3 is 2.67 bits per heavy atom. The largest absolute Gasteiger partial charge is 0.494 e. The maximum Gasteiger partial charge on any atom is 0.343 e. The molecule has 0 atom stereocenters. The minimum Gasteiger partial charge on any atom is -0.494 e. The van der Waals surface area contributed by atoms with E-state index >= 15 is 0 Å². The number of hydrogen-bond acceptors (Lipinski definition) is 5. The molecule has 0 amide bonds. The van der Waals surface area contributed by atoms with E-state index in [9.17, 15) is 4.79 Å². The lowest BCUT2D eigenvalue weighted by molar-refractivity contribution is 0.0527. The molecule has 27 heavy (non-hydrogen) atoms. The molecule has 0 aliphatic carbocycles. The first-order chi connectivity index (χ1) is 13.0. The van der Waals surface area contributed by atoms with Gasteiger partial charge in [0.15, 0.2) is 5.65 Å². The van der Waals surface area contributed by atoms with Crippen LogP contribution in [0.4, 0.5) is 0 Å². The Balaban J connectivity index is 1.79. The second-order valence-corrected chi connectivity index (χ2v) is 6.57. The summed E-state index contributed by atoms with van der Waals surface area (Å²) >= 11 is 12.8. The second kappa shape index (κ2) is 8.59. The van der Waals surface area contributed by atoms with Gasteiger partial charge < -0.3 is 9.47 Å². The summed E-state index contributed by atoms with van der Waals surface area (Å²) in [5, 5.41) is 4.91. The normalized spacial score (nSPS) is 11.0. The quantitative estimate of drug-likeness (QED) is 0.326. The summed E-state index contributed by atoms with van der Waals surface area (Å²) in [4.78, 5) is 16.5. The fourth-order valence-corrected chi connectivity index (χ4v) is 3.35. The molecule has 0 radical (unpaired) electrons. The van der Waals surface area contributed by atoms with Gasteiger partial charge in [0.1, 0.15) is 21.6 Å². The highest BCUT2D eigenvalue weighted by atomic mass is 35.5. The highest BCUT2D eigenvalue weighted by Crippen LogP contribution is 2.28. The number of rotatable bonds is 7. The van der Waals surface area contributed by atoms with Gasteiger partial charge in [0.25, 0.3) is 0 Å². The van der Waals surface area contributed by atoms with Gasteiger partial charge in [-0.3, -0.25) is 0 Å². The number of nitrogens with zero attached hydrogens (tertiary/aromatic N) is 3. The zero-order chi connectivity index (χ0) is 19.4. The van der Waals surface area contributed by atoms with Gasteiger partial charge >= 0.3 is 5.97 Å². The van der Waals surface area contributed by atoms with Gasteiger partial charge in [-0.1, -0.05) is 41.4 Å². The third-order valence-electron chi connectivity index (χ3n) is 3.99. The number of fused-ring (bicyclic) bond motifs is 1. The molecule has 0 aliphatic heterocycles. The van der Waals surface area contributed by atoms with Crippen molar-refractivity contribution in [1.29, 1.82) is 0 Å². The average molecular weight is 408 g/mol. The van der Waals surface area contributed by atoms with E-state index in [0.717, 1.165) is 5.75 Å². The first-order valence-electron chi connectivity index (χ1n) is 8.61. The molecule has 0 saturated carbocycles. The number of carbonyl (C=O) groups is 1. The van der Waals surface area contributed by atoms with Crippen LogP contribution in [-0.2, 0) is 11.2 Å². The van der Waals surface area contributed by atoms with E-state index in [0.29, 0.717) is 41.5 Å². The summed E-state index contributed by atoms with van der Waals surface area (Å²) in [5.41, 5.74) is 1.73. The van der Waals surface area contributed by atoms with Gasteiger partial charge in [0.2, 0.25) is 0 Å². The molecular formula is C19H19Cl2N3O3. The van der Waals surface area contributed by atoms with Crippen molar-refractivity contribution in [2.24, 2.45) is 0 Å². The van der Waals surface area contributed by atoms with E-state index in [4.69, 9.17) is 32.7 Å². The lowest BCUT2D eigenvalue weighted by Gasteiger charge is -2.09. The van der Waals surface area contributed by atoms with Gasteiger partial charge in [-0.15, -0.1) is 0 Å². The van der Waals surface area contributed by atoms with Crippen LogP contribution in [0.15, 0.2) is 30.3 Å². The van der Waals surface area contributed by atoms with Crippen LogP contribution in [0.5, 0.6) is 5.75 Å². The molecule has 0 aliphatic rings. The minimum atomic E-state index is -0.492. The fraction of sp³-hybridized carbons (Fsp3) is 0.316. The Kier molecular flexibility index (Phi) is 6.19. The molecule has 1 aromatic carbocycles. The van der Waals surface area contributed by atoms with Crippen LogP contribution in [0.2, 0.25) is 10.3 Å². The van der Waals surface area contributed by atoms with Crippen LogP contribution in [0.25, 0.3) is 5.65 Å². The third-order valence-corrected chi connectivity index (χ3v) is 4.69. The number of aromatic nitrogens is 3. The number of esters is 1. The molecule has 0 spiro atoms. The Bertz CT molecular complexity index is 958. The molecule has 2 heterocycles. The molecule has 8 heteroatoms. The molecule has 0 unspecified atom stereocenters. The Hall–Kier alpha value is -2.31. The number of halogens is 2. The van der Waals surface area contributed by atoms with Crippen LogP contribution >= 0.6 is 23.2 Å². The van der Waals surface area contributed by atoms with E-state index in [1.165, 1.54) is 4.52 Å². The van der Waals surface area contributed by atoms with Gasteiger partial charge in [0, 0.05) is 5.56 Å². The van der Waals surface area contributed by atoms with Crippen molar-refractivity contribution >= 4 is 34.8 Å². The molecule has 0 N–H and O–H groups in total. The monoisotopic (exact) mass is 407 g/mol. The molecule has 0 fully saturated rings. The number of aryl methyl sites for hydroxylation is 1. The van der Waals surface area contributed by atoms with Crippen LogP contribution in [0, 0.1) is 6.92 Å². The molecule has 0 bridgehead atoms. The van der Waals surface area contributed by atoms with E-state index < -0.39 is 5.97 Å². The SMILES string of the molecule is CCOC(=O)c1c(C)nn2c(Cl)c(CCCOc3ccccc3)c(Cl)nc12. The van der Waals surface area contributed by atoms with Crippen molar-refractivity contribution < 1.29 is 14.3 Å². The number of carbonyl (C=O) groups excluding carboxylic acids is 1. The van der Waals surface area contributed by atoms with Crippen molar-refractivity contribution in [1.82, 2.24) is 14.6 Å². The number of para-hydroxylation sites is 1. The summed E-state index contributed by atoms with van der Waals surface area (Å²) in [6.07, 6.45) is 1.27. The maximum absolute atomic E-state index is 12.2. The Labute approximate surface area is 167 Å². The van der Waals surface area contributed by atoms with E-state index in [2.05, 4.69) is 10.1 Å². The van der Waals surface area contributed by atoms with Crippen LogP contribution < -0.4 is 4.74 Å². The van der Waals surface area contributed by atoms with Crippen molar-refractivity contribution in [2.75, 3.05) is 13.2 Å². The lowest BCUT2D eigenvalue weighted by atomic mass is 10.2. The zero-order valence-electron chi connectivity index (χ0n) is 15.0. The molecule has 2 aromatic heterocycles. The average Bonchev–Trinajstić information content (AvgIpc) is 2.98. The van der Waals surface area contributed by atoms with Gasteiger partial charge in [-0.05, 0) is 38.8 Å². The maximum atomic E-state index is 12.2. The second-order valence-electron chi connectivity index (χ2n) is 5.85. The summed E-state index contributed by atoms with van der Waals surface area (Å²) in [5.74, 6) is 0.318. The summed E-state index contributed by atoms with van der Waals surface area (Å²) in [7, 11) is 0. The topological polar surface area (TPSA) is 65.7 Å². The molecule has 142 valence electrons. The Morgan fingerprint density at radius 1 is 1.22 bits per heavy atom. The standard InChI is InChI=1S/C19H19Cl2N3O3/c1-3-26-19(25)15-12(2)23-24-17(21)14(16(20)22-18(15)24)10-7-11-27-13-8-5-4-6-9-13/h4-6,8-9H,3,7,10-11H2,1-2H3. The van der Waals surface area contributed by atoms with Gasteiger partial charge in [0.05, 0.1) is 18.9 Å². The number of ether oxygens (including phenoxy) is 2. The molecule has 6 nitrogen and oxygen atoms in total. The fourth-order valence-electron chi connectivity index (χ4n) is 2.73. The van der Waals surface area contributed by atoms with Crippen LogP contribution in [-0.4, -0.2) is 33.8 Å². The Morgan fingerprint density at radius 2 is 1.96 bits per heavy atom. The molecule has 3 rings (SSSR count). The zero-order valence-corrected chi connectivity index (χ0v) is 16.5. The van der Waals surface area contributed by atoms with Crippen molar-refractivity contribution in [3.63, 3.8) is 0 Å². The predicted octanol–water partition coefficient (Wildman–Crippen LogP) is 4.53. The number of hydrogen-bond donors (Lipinski definition) is 0. The van der Waals surface area contributed by atoms with Gasteiger partial charge in [-0.25, -0.2) is 14.3 Å². The van der Waals surface area contributed by atoms with Crippen LogP contribution in [0.3, 0.4) is 0 Å². The smallest absolute Gasteiger partial charge is 0.343 e.